The third kappa shape index (κ3) is 2.16. The Morgan fingerprint density at radius 1 is 1.31 bits per heavy atom. The second-order valence-electron chi connectivity index (χ2n) is 4.39. The molecule has 0 radical (unpaired) electrons. The van der Waals surface area contributed by atoms with Gasteiger partial charge in [-0.3, -0.25) is 0 Å². The van der Waals surface area contributed by atoms with Crippen molar-refractivity contribution in [2.75, 3.05) is 0 Å². The van der Waals surface area contributed by atoms with Gasteiger partial charge in [0.2, 0.25) is 0 Å². The Labute approximate surface area is 95.6 Å². The quantitative estimate of drug-likeness (QED) is 0.786. The Bertz CT molecular complexity index is 414. The molecule has 1 fully saturated rings. The summed E-state index contributed by atoms with van der Waals surface area (Å²) < 4.78 is 0. The summed E-state index contributed by atoms with van der Waals surface area (Å²) in [5.74, 6) is -0.329. The van der Waals surface area contributed by atoms with Crippen LogP contribution in [-0.4, -0.2) is 11.1 Å². The molecule has 0 heterocycles. The van der Waals surface area contributed by atoms with Crippen LogP contribution < -0.4 is 0 Å². The third-order valence-electron chi connectivity index (χ3n) is 3.32. The van der Waals surface area contributed by atoms with Crippen molar-refractivity contribution in [2.24, 2.45) is 0 Å². The molecule has 1 aromatic carbocycles. The van der Waals surface area contributed by atoms with Crippen molar-refractivity contribution in [1.82, 2.24) is 0 Å². The van der Waals surface area contributed by atoms with Crippen molar-refractivity contribution < 1.29 is 9.90 Å². The van der Waals surface area contributed by atoms with Gasteiger partial charge < -0.3 is 5.11 Å². The number of aliphatic carboxylic acids is 1. The van der Waals surface area contributed by atoms with Gasteiger partial charge in [0.1, 0.15) is 0 Å². The molecule has 1 saturated carbocycles. The minimum atomic E-state index is -0.941. The second kappa shape index (κ2) is 4.52. The van der Waals surface area contributed by atoms with E-state index in [1.54, 1.807) is 0 Å². The van der Waals surface area contributed by atoms with E-state index in [9.17, 15) is 4.79 Å². The summed E-state index contributed by atoms with van der Waals surface area (Å²) in [5.41, 5.74) is 2.18. The maximum atomic E-state index is 10.8. The average molecular weight is 216 g/mol. The SMILES string of the molecule is C=C(C(=O)O)c1cccc(C2CCCC2)c1. The van der Waals surface area contributed by atoms with E-state index in [0.717, 1.165) is 5.56 Å². The Hall–Kier alpha value is -1.57. The first-order valence-electron chi connectivity index (χ1n) is 5.71. The van der Waals surface area contributed by atoms with Crippen molar-refractivity contribution in [3.05, 3.63) is 42.0 Å². The van der Waals surface area contributed by atoms with Crippen molar-refractivity contribution >= 4 is 11.5 Å². The normalized spacial score (nSPS) is 16.2. The Kier molecular flexibility index (Phi) is 3.09. The van der Waals surface area contributed by atoms with Crippen molar-refractivity contribution in [3.8, 4) is 0 Å². The highest BCUT2D eigenvalue weighted by Gasteiger charge is 2.17. The monoisotopic (exact) mass is 216 g/mol. The predicted octanol–water partition coefficient (Wildman–Crippen LogP) is 3.44. The van der Waals surface area contributed by atoms with Crippen LogP contribution >= 0.6 is 0 Å². The third-order valence-corrected chi connectivity index (χ3v) is 3.32. The standard InChI is InChI=1S/C14H16O2/c1-10(14(15)16)12-7-4-8-13(9-12)11-5-2-3-6-11/h4,7-9,11H,1-3,5-6H2,(H,15,16). The predicted molar refractivity (Wildman–Crippen MR) is 64.3 cm³/mol. The van der Waals surface area contributed by atoms with Crippen LogP contribution in [0.3, 0.4) is 0 Å². The van der Waals surface area contributed by atoms with Gasteiger partial charge >= 0.3 is 5.97 Å². The van der Waals surface area contributed by atoms with Gasteiger partial charge in [0, 0.05) is 0 Å². The molecule has 0 unspecified atom stereocenters. The number of carbonyl (C=O) groups is 1. The minimum Gasteiger partial charge on any atom is -0.478 e. The van der Waals surface area contributed by atoms with Crippen LogP contribution in [-0.2, 0) is 4.79 Å². The average Bonchev–Trinajstić information content (AvgIpc) is 2.81. The largest absolute Gasteiger partial charge is 0.478 e. The summed E-state index contributed by atoms with van der Waals surface area (Å²) in [6, 6.07) is 7.81. The van der Waals surface area contributed by atoms with E-state index in [1.807, 2.05) is 18.2 Å². The van der Waals surface area contributed by atoms with E-state index in [4.69, 9.17) is 5.11 Å². The molecule has 84 valence electrons. The van der Waals surface area contributed by atoms with Gasteiger partial charge in [-0.25, -0.2) is 4.79 Å². The van der Waals surface area contributed by atoms with E-state index >= 15 is 0 Å². The molecule has 1 aliphatic rings. The smallest absolute Gasteiger partial charge is 0.335 e. The number of carboxylic acids is 1. The lowest BCUT2D eigenvalue weighted by molar-refractivity contribution is -0.130. The number of carboxylic acid groups (broad SMARTS) is 1. The first kappa shape index (κ1) is 10.9. The lowest BCUT2D eigenvalue weighted by atomic mass is 9.94. The summed E-state index contributed by atoms with van der Waals surface area (Å²) in [5, 5.41) is 8.89. The van der Waals surface area contributed by atoms with Gasteiger partial charge in [0.25, 0.3) is 0 Å². The highest BCUT2D eigenvalue weighted by Crippen LogP contribution is 2.34. The van der Waals surface area contributed by atoms with Gasteiger partial charge in [-0.15, -0.1) is 0 Å². The summed E-state index contributed by atoms with van der Waals surface area (Å²) in [6.45, 7) is 3.59. The van der Waals surface area contributed by atoms with Gasteiger partial charge in [0.05, 0.1) is 5.57 Å². The molecule has 2 nitrogen and oxygen atoms in total. The summed E-state index contributed by atoms with van der Waals surface area (Å²) in [6.07, 6.45) is 5.02. The molecule has 0 bridgehead atoms. The molecule has 2 heteroatoms. The topological polar surface area (TPSA) is 37.3 Å². The van der Waals surface area contributed by atoms with Crippen LogP contribution in [0.4, 0.5) is 0 Å². The fraction of sp³-hybridized carbons (Fsp3) is 0.357. The number of rotatable bonds is 3. The molecule has 0 spiro atoms. The highest BCUT2D eigenvalue weighted by atomic mass is 16.4. The van der Waals surface area contributed by atoms with Crippen molar-refractivity contribution in [3.63, 3.8) is 0 Å². The molecule has 1 aromatic rings. The highest BCUT2D eigenvalue weighted by molar-refractivity contribution is 6.14. The molecule has 2 rings (SSSR count). The van der Waals surface area contributed by atoms with E-state index in [-0.39, 0.29) is 5.57 Å². The Morgan fingerprint density at radius 3 is 2.62 bits per heavy atom. The van der Waals surface area contributed by atoms with E-state index in [2.05, 4.69) is 12.6 Å². The number of hydrogen-bond acceptors (Lipinski definition) is 1. The second-order valence-corrected chi connectivity index (χ2v) is 4.39. The van der Waals surface area contributed by atoms with Gasteiger partial charge in [-0.05, 0) is 29.9 Å². The van der Waals surface area contributed by atoms with Crippen LogP contribution in [0.2, 0.25) is 0 Å². The zero-order chi connectivity index (χ0) is 11.5. The molecule has 0 aliphatic heterocycles. The fourth-order valence-corrected chi connectivity index (χ4v) is 2.36. The first-order valence-corrected chi connectivity index (χ1v) is 5.71. The van der Waals surface area contributed by atoms with Gasteiger partial charge in [-0.1, -0.05) is 43.7 Å². The first-order chi connectivity index (χ1) is 7.68. The minimum absolute atomic E-state index is 0.180. The number of benzene rings is 1. The molecule has 16 heavy (non-hydrogen) atoms. The molecule has 0 aromatic heterocycles. The van der Waals surface area contributed by atoms with Crippen molar-refractivity contribution in [2.45, 2.75) is 31.6 Å². The molecule has 1 N–H and O–H groups in total. The summed E-state index contributed by atoms with van der Waals surface area (Å²) in [4.78, 5) is 10.8. The van der Waals surface area contributed by atoms with E-state index < -0.39 is 5.97 Å². The van der Waals surface area contributed by atoms with Crippen LogP contribution in [0.25, 0.3) is 5.57 Å². The van der Waals surface area contributed by atoms with Crippen LogP contribution in [0, 0.1) is 0 Å². The molecule has 0 amide bonds. The van der Waals surface area contributed by atoms with E-state index in [1.165, 1.54) is 31.2 Å². The lowest BCUT2D eigenvalue weighted by Crippen LogP contribution is -1.99. The molecule has 1 aliphatic carbocycles. The van der Waals surface area contributed by atoms with E-state index in [0.29, 0.717) is 5.92 Å². The lowest BCUT2D eigenvalue weighted by Gasteiger charge is -2.11. The van der Waals surface area contributed by atoms with Gasteiger partial charge in [-0.2, -0.15) is 0 Å². The molecular formula is C14H16O2. The van der Waals surface area contributed by atoms with Crippen molar-refractivity contribution in [1.29, 1.82) is 0 Å². The zero-order valence-electron chi connectivity index (χ0n) is 9.28. The fourth-order valence-electron chi connectivity index (χ4n) is 2.36. The summed E-state index contributed by atoms with van der Waals surface area (Å²) in [7, 11) is 0. The molecular weight excluding hydrogens is 200 g/mol. The molecule has 0 saturated heterocycles. The maximum absolute atomic E-state index is 10.8. The Balaban J connectivity index is 2.25. The number of hydrogen-bond donors (Lipinski definition) is 1. The summed E-state index contributed by atoms with van der Waals surface area (Å²) >= 11 is 0. The van der Waals surface area contributed by atoms with Crippen LogP contribution in [0.5, 0.6) is 0 Å². The van der Waals surface area contributed by atoms with Crippen LogP contribution in [0.1, 0.15) is 42.7 Å². The van der Waals surface area contributed by atoms with Gasteiger partial charge in [0.15, 0.2) is 0 Å². The zero-order valence-corrected chi connectivity index (χ0v) is 9.28. The molecule has 0 atom stereocenters. The van der Waals surface area contributed by atoms with Crippen LogP contribution in [0.15, 0.2) is 30.8 Å². The maximum Gasteiger partial charge on any atom is 0.335 e. The Morgan fingerprint density at radius 2 is 2.00 bits per heavy atom.